The maximum absolute atomic E-state index is 5.80. The number of aromatic nitrogens is 1. The summed E-state index contributed by atoms with van der Waals surface area (Å²) in [6.45, 7) is 5.70. The fraction of sp³-hybridized carbons (Fsp3) is 0.467. The molecule has 1 saturated heterocycles. The van der Waals surface area contributed by atoms with Crippen molar-refractivity contribution in [1.29, 1.82) is 0 Å². The van der Waals surface area contributed by atoms with Gasteiger partial charge in [-0.2, -0.15) is 0 Å². The molecule has 0 unspecified atom stereocenters. The van der Waals surface area contributed by atoms with E-state index < -0.39 is 0 Å². The standard InChI is InChI=1S/C15H20N2O2/c1(6-17-7-10-18-11-8-17)9-19-14-2-3-15-13(12-14)4-5-16-15/h2-5,12,16H,1,6-11H2. The van der Waals surface area contributed by atoms with Gasteiger partial charge >= 0.3 is 0 Å². The molecule has 0 amide bonds. The van der Waals surface area contributed by atoms with E-state index in [0.717, 1.165) is 57.1 Å². The van der Waals surface area contributed by atoms with Gasteiger partial charge in [0.05, 0.1) is 19.8 Å². The fourth-order valence-corrected chi connectivity index (χ4v) is 2.42. The molecule has 0 aliphatic carbocycles. The minimum atomic E-state index is 0.771. The van der Waals surface area contributed by atoms with E-state index in [9.17, 15) is 0 Å². The third kappa shape index (κ3) is 3.28. The Hall–Kier alpha value is -1.52. The lowest BCUT2D eigenvalue weighted by Crippen LogP contribution is -2.37. The number of morpholine rings is 1. The van der Waals surface area contributed by atoms with Crippen molar-refractivity contribution in [3.8, 4) is 5.75 Å². The van der Waals surface area contributed by atoms with Crippen molar-refractivity contribution in [1.82, 2.24) is 9.88 Å². The Morgan fingerprint density at radius 3 is 3.00 bits per heavy atom. The zero-order chi connectivity index (χ0) is 12.9. The van der Waals surface area contributed by atoms with Crippen molar-refractivity contribution in [3.05, 3.63) is 30.5 Å². The number of aromatic amines is 1. The molecule has 102 valence electrons. The van der Waals surface area contributed by atoms with Gasteiger partial charge in [-0.15, -0.1) is 0 Å². The van der Waals surface area contributed by atoms with Gasteiger partial charge in [0.2, 0.25) is 0 Å². The van der Waals surface area contributed by atoms with E-state index in [1.165, 1.54) is 5.39 Å². The van der Waals surface area contributed by atoms with Crippen molar-refractivity contribution >= 4 is 10.9 Å². The minimum Gasteiger partial charge on any atom is -0.494 e. The largest absolute Gasteiger partial charge is 0.494 e. The molecular weight excluding hydrogens is 240 g/mol. The zero-order valence-corrected chi connectivity index (χ0v) is 11.1. The quantitative estimate of drug-likeness (QED) is 0.838. The third-order valence-electron chi connectivity index (χ3n) is 3.52. The highest BCUT2D eigenvalue weighted by atomic mass is 16.5. The molecule has 3 rings (SSSR count). The summed E-state index contributed by atoms with van der Waals surface area (Å²) >= 11 is 0. The van der Waals surface area contributed by atoms with Crippen LogP contribution in [0.2, 0.25) is 0 Å². The highest BCUT2D eigenvalue weighted by molar-refractivity contribution is 5.80. The van der Waals surface area contributed by atoms with Crippen LogP contribution in [0.4, 0.5) is 0 Å². The summed E-state index contributed by atoms with van der Waals surface area (Å²) < 4.78 is 11.1. The number of fused-ring (bicyclic) bond motifs is 1. The summed E-state index contributed by atoms with van der Waals surface area (Å²) in [5.41, 5.74) is 1.15. The SMILES string of the molecule is c1cc2cc(OCCCN3CCOCC3)ccc2[nH]1. The van der Waals surface area contributed by atoms with E-state index in [1.54, 1.807) is 0 Å². The highest BCUT2D eigenvalue weighted by Crippen LogP contribution is 2.19. The number of benzene rings is 1. The van der Waals surface area contributed by atoms with Crippen molar-refractivity contribution in [2.45, 2.75) is 6.42 Å². The van der Waals surface area contributed by atoms with E-state index in [1.807, 2.05) is 12.3 Å². The number of hydrogen-bond donors (Lipinski definition) is 1. The van der Waals surface area contributed by atoms with Crippen LogP contribution in [0.1, 0.15) is 6.42 Å². The first-order valence-corrected chi connectivity index (χ1v) is 6.92. The average molecular weight is 260 g/mol. The molecule has 1 fully saturated rings. The Kier molecular flexibility index (Phi) is 4.01. The number of nitrogens with zero attached hydrogens (tertiary/aromatic N) is 1. The molecular formula is C15H20N2O2. The Bertz CT molecular complexity index is 518. The molecule has 1 aliphatic heterocycles. The van der Waals surface area contributed by atoms with E-state index >= 15 is 0 Å². The molecule has 19 heavy (non-hydrogen) atoms. The van der Waals surface area contributed by atoms with Crippen LogP contribution in [0.5, 0.6) is 5.75 Å². The lowest BCUT2D eigenvalue weighted by molar-refractivity contribution is 0.0358. The van der Waals surface area contributed by atoms with Gasteiger partial charge in [0.25, 0.3) is 0 Å². The Labute approximate surface area is 113 Å². The Morgan fingerprint density at radius 2 is 2.11 bits per heavy atom. The second-order valence-corrected chi connectivity index (χ2v) is 4.88. The summed E-state index contributed by atoms with van der Waals surface area (Å²) in [6.07, 6.45) is 3.01. The van der Waals surface area contributed by atoms with Crippen molar-refractivity contribution < 1.29 is 9.47 Å². The predicted molar refractivity (Wildman–Crippen MR) is 75.7 cm³/mol. The molecule has 4 heteroatoms. The number of nitrogens with one attached hydrogen (secondary N) is 1. The molecule has 2 heterocycles. The maximum atomic E-state index is 5.80. The van der Waals surface area contributed by atoms with Crippen LogP contribution in [-0.4, -0.2) is 49.3 Å². The first-order chi connectivity index (χ1) is 9.42. The summed E-state index contributed by atoms with van der Waals surface area (Å²) in [5.74, 6) is 0.953. The number of rotatable bonds is 5. The summed E-state index contributed by atoms with van der Waals surface area (Å²) in [6, 6.07) is 8.23. The predicted octanol–water partition coefficient (Wildman–Crippen LogP) is 2.27. The second kappa shape index (κ2) is 6.08. The van der Waals surface area contributed by atoms with E-state index in [-0.39, 0.29) is 0 Å². The lowest BCUT2D eigenvalue weighted by Gasteiger charge is -2.26. The molecule has 2 aromatic rings. The van der Waals surface area contributed by atoms with Gasteiger partial charge in [0.1, 0.15) is 5.75 Å². The first-order valence-electron chi connectivity index (χ1n) is 6.92. The average Bonchev–Trinajstić information content (AvgIpc) is 2.92. The minimum absolute atomic E-state index is 0.771. The van der Waals surface area contributed by atoms with Crippen molar-refractivity contribution in [2.24, 2.45) is 0 Å². The normalized spacial score (nSPS) is 16.8. The number of ether oxygens (including phenoxy) is 2. The van der Waals surface area contributed by atoms with Gasteiger partial charge in [0.15, 0.2) is 0 Å². The number of H-pyrrole nitrogens is 1. The van der Waals surface area contributed by atoms with Crippen LogP contribution in [-0.2, 0) is 4.74 Å². The molecule has 0 radical (unpaired) electrons. The zero-order valence-electron chi connectivity index (χ0n) is 11.1. The van der Waals surface area contributed by atoms with E-state index in [0.29, 0.717) is 0 Å². The molecule has 1 aliphatic rings. The van der Waals surface area contributed by atoms with Crippen molar-refractivity contribution in [2.75, 3.05) is 39.5 Å². The molecule has 0 spiro atoms. The van der Waals surface area contributed by atoms with Crippen LogP contribution in [0.15, 0.2) is 30.5 Å². The molecule has 0 saturated carbocycles. The smallest absolute Gasteiger partial charge is 0.120 e. The van der Waals surface area contributed by atoms with Crippen molar-refractivity contribution in [3.63, 3.8) is 0 Å². The van der Waals surface area contributed by atoms with Gasteiger partial charge in [-0.3, -0.25) is 4.90 Å². The lowest BCUT2D eigenvalue weighted by atomic mass is 10.2. The highest BCUT2D eigenvalue weighted by Gasteiger charge is 2.09. The second-order valence-electron chi connectivity index (χ2n) is 4.88. The molecule has 0 atom stereocenters. The van der Waals surface area contributed by atoms with Gasteiger partial charge in [-0.05, 0) is 30.7 Å². The fourth-order valence-electron chi connectivity index (χ4n) is 2.42. The van der Waals surface area contributed by atoms with Gasteiger partial charge < -0.3 is 14.5 Å². The first kappa shape index (κ1) is 12.5. The summed E-state index contributed by atoms with van der Waals surface area (Å²) in [5, 5.41) is 1.20. The molecule has 1 aromatic carbocycles. The third-order valence-corrected chi connectivity index (χ3v) is 3.52. The topological polar surface area (TPSA) is 37.5 Å². The molecule has 0 bridgehead atoms. The van der Waals surface area contributed by atoms with Crippen LogP contribution < -0.4 is 4.74 Å². The Balaban J connectivity index is 1.43. The molecule has 1 N–H and O–H groups in total. The number of hydrogen-bond acceptors (Lipinski definition) is 3. The molecule has 4 nitrogen and oxygen atoms in total. The summed E-state index contributed by atoms with van der Waals surface area (Å²) in [4.78, 5) is 5.62. The van der Waals surface area contributed by atoms with Gasteiger partial charge in [0, 0.05) is 36.7 Å². The van der Waals surface area contributed by atoms with E-state index in [4.69, 9.17) is 9.47 Å². The van der Waals surface area contributed by atoms with Crippen LogP contribution in [0.25, 0.3) is 10.9 Å². The monoisotopic (exact) mass is 260 g/mol. The maximum Gasteiger partial charge on any atom is 0.120 e. The van der Waals surface area contributed by atoms with Gasteiger partial charge in [-0.1, -0.05) is 0 Å². The molecule has 1 aromatic heterocycles. The Morgan fingerprint density at radius 1 is 1.21 bits per heavy atom. The van der Waals surface area contributed by atoms with Gasteiger partial charge in [-0.25, -0.2) is 0 Å². The van der Waals surface area contributed by atoms with Crippen LogP contribution >= 0.6 is 0 Å². The van der Waals surface area contributed by atoms with E-state index in [2.05, 4.69) is 28.1 Å². The summed E-state index contributed by atoms with van der Waals surface area (Å²) in [7, 11) is 0. The van der Waals surface area contributed by atoms with Crippen LogP contribution in [0, 0.1) is 0 Å². The van der Waals surface area contributed by atoms with Crippen LogP contribution in [0.3, 0.4) is 0 Å².